The lowest BCUT2D eigenvalue weighted by molar-refractivity contribution is -0.384. The van der Waals surface area contributed by atoms with Gasteiger partial charge in [-0.05, 0) is 66.4 Å². The number of non-ortho nitro benzene ring substituents is 1. The molecule has 0 aliphatic carbocycles. The number of nitrogens with zero attached hydrogens (tertiary/aromatic N) is 4. The van der Waals surface area contributed by atoms with Crippen molar-refractivity contribution in [2.75, 3.05) is 6.54 Å². The Kier molecular flexibility index (Phi) is 7.91. The quantitative estimate of drug-likeness (QED) is 0.0943. The lowest BCUT2D eigenvalue weighted by Gasteiger charge is -2.25. The number of rotatable bonds is 10. The third-order valence-electron chi connectivity index (χ3n) is 7.12. The van der Waals surface area contributed by atoms with Crippen molar-refractivity contribution in [2.45, 2.75) is 32.5 Å². The Morgan fingerprint density at radius 1 is 1.02 bits per heavy atom. The minimum atomic E-state index is -0.907. The van der Waals surface area contributed by atoms with Gasteiger partial charge in [0.25, 0.3) is 17.4 Å². The van der Waals surface area contributed by atoms with E-state index >= 15 is 0 Å². The summed E-state index contributed by atoms with van der Waals surface area (Å²) in [4.78, 5) is 42.6. The number of hydrogen-bond acceptors (Lipinski definition) is 7. The second-order valence-corrected chi connectivity index (χ2v) is 9.73. The Morgan fingerprint density at radius 3 is 2.41 bits per heavy atom. The number of ketones is 1. The van der Waals surface area contributed by atoms with E-state index in [0.29, 0.717) is 36.4 Å². The van der Waals surface area contributed by atoms with Crippen LogP contribution in [-0.2, 0) is 22.7 Å². The van der Waals surface area contributed by atoms with Gasteiger partial charge in [-0.3, -0.25) is 19.7 Å². The molecule has 10 heteroatoms. The lowest BCUT2D eigenvalue weighted by Crippen LogP contribution is -2.31. The molecule has 1 aliphatic rings. The number of Topliss-reactive ketones (excluding diaryl/α,β-unsaturated/α-hetero) is 1. The molecular weight excluding hydrogens is 524 g/mol. The van der Waals surface area contributed by atoms with Crippen molar-refractivity contribution in [1.82, 2.24) is 14.5 Å². The first kappa shape index (κ1) is 27.3. The van der Waals surface area contributed by atoms with Crippen LogP contribution >= 0.6 is 0 Å². The first-order chi connectivity index (χ1) is 19.8. The predicted octanol–water partition coefficient (Wildman–Crippen LogP) is 5.19. The van der Waals surface area contributed by atoms with Gasteiger partial charge < -0.3 is 19.3 Å². The van der Waals surface area contributed by atoms with Crippen molar-refractivity contribution in [3.8, 4) is 5.75 Å². The maximum atomic E-state index is 13.3. The molecule has 2 heterocycles. The number of amides is 1. The summed E-state index contributed by atoms with van der Waals surface area (Å²) < 4.78 is 7.76. The summed E-state index contributed by atoms with van der Waals surface area (Å²) in [5, 5.41) is 22.5. The number of likely N-dealkylation sites (tertiary alicyclic amines) is 1. The molecule has 3 aromatic carbocycles. The molecule has 41 heavy (non-hydrogen) atoms. The van der Waals surface area contributed by atoms with Crippen molar-refractivity contribution in [1.29, 1.82) is 0 Å². The molecule has 0 saturated carbocycles. The van der Waals surface area contributed by atoms with E-state index < -0.39 is 22.7 Å². The van der Waals surface area contributed by atoms with Gasteiger partial charge >= 0.3 is 0 Å². The van der Waals surface area contributed by atoms with Gasteiger partial charge in [0.05, 0.1) is 22.9 Å². The molecule has 1 unspecified atom stereocenters. The molecule has 0 spiro atoms. The van der Waals surface area contributed by atoms with E-state index in [4.69, 9.17) is 4.74 Å². The molecule has 1 N–H and O–H groups in total. The van der Waals surface area contributed by atoms with E-state index in [9.17, 15) is 24.8 Å². The van der Waals surface area contributed by atoms with Gasteiger partial charge in [-0.2, -0.15) is 0 Å². The molecule has 0 radical (unpaired) electrons. The molecule has 1 amide bonds. The topological polar surface area (TPSA) is 128 Å². The maximum absolute atomic E-state index is 13.3. The number of aryl methyl sites for hydroxylation is 2. The van der Waals surface area contributed by atoms with Crippen LogP contribution in [0.5, 0.6) is 5.75 Å². The number of nitro benzene ring substituents is 1. The van der Waals surface area contributed by atoms with Crippen LogP contribution in [0, 0.1) is 17.0 Å². The van der Waals surface area contributed by atoms with Crippen molar-refractivity contribution < 1.29 is 24.4 Å². The number of aromatic nitrogens is 2. The summed E-state index contributed by atoms with van der Waals surface area (Å²) in [5.74, 6) is -1.29. The summed E-state index contributed by atoms with van der Waals surface area (Å²) in [5.41, 5.74) is 2.80. The average molecular weight is 553 g/mol. The van der Waals surface area contributed by atoms with E-state index in [1.807, 2.05) is 35.8 Å². The van der Waals surface area contributed by atoms with Crippen molar-refractivity contribution in [3.05, 3.63) is 129 Å². The zero-order valence-electron chi connectivity index (χ0n) is 22.3. The molecule has 4 aromatic rings. The summed E-state index contributed by atoms with van der Waals surface area (Å²) in [6.07, 6.45) is 5.65. The van der Waals surface area contributed by atoms with E-state index in [-0.39, 0.29) is 23.6 Å². The Morgan fingerprint density at radius 2 is 1.76 bits per heavy atom. The van der Waals surface area contributed by atoms with Crippen LogP contribution in [0.25, 0.3) is 5.76 Å². The van der Waals surface area contributed by atoms with Crippen LogP contribution in [0.15, 0.2) is 97.1 Å². The Labute approximate surface area is 236 Å². The van der Waals surface area contributed by atoms with E-state index in [0.717, 1.165) is 11.1 Å². The van der Waals surface area contributed by atoms with Gasteiger partial charge in [0.15, 0.2) is 0 Å². The lowest BCUT2D eigenvalue weighted by atomic mass is 9.95. The highest BCUT2D eigenvalue weighted by Gasteiger charge is 2.45. The highest BCUT2D eigenvalue weighted by molar-refractivity contribution is 6.46. The van der Waals surface area contributed by atoms with E-state index in [2.05, 4.69) is 4.98 Å². The number of benzene rings is 3. The van der Waals surface area contributed by atoms with Crippen molar-refractivity contribution >= 4 is 23.1 Å². The minimum Gasteiger partial charge on any atom is -0.507 e. The van der Waals surface area contributed by atoms with Crippen LogP contribution in [0.2, 0.25) is 0 Å². The fraction of sp³-hybridized carbons (Fsp3) is 0.194. The van der Waals surface area contributed by atoms with Crippen LogP contribution < -0.4 is 4.74 Å². The predicted molar refractivity (Wildman–Crippen MR) is 151 cm³/mol. The standard InChI is InChI=1S/C31H28N4O6/c1-21-5-2-3-6-24(21)19-41-26-13-9-23(10-14-26)29(36)27-28(22-7-11-25(12-8-22)35(39)40)34(31(38)30(27)37)17-4-16-33-18-15-32-20-33/h2-3,5-15,18,20,28,36H,4,16-17,19H2,1H3. The van der Waals surface area contributed by atoms with Crippen molar-refractivity contribution in [2.24, 2.45) is 0 Å². The first-order valence-corrected chi connectivity index (χ1v) is 13.1. The molecule has 0 bridgehead atoms. The molecule has 1 fully saturated rings. The largest absolute Gasteiger partial charge is 0.507 e. The summed E-state index contributed by atoms with van der Waals surface area (Å²) in [6.45, 7) is 3.18. The summed E-state index contributed by atoms with van der Waals surface area (Å²) in [7, 11) is 0. The van der Waals surface area contributed by atoms with Crippen LogP contribution in [0.4, 0.5) is 5.69 Å². The summed E-state index contributed by atoms with van der Waals surface area (Å²) >= 11 is 0. The van der Waals surface area contributed by atoms with Gasteiger partial charge in [0.2, 0.25) is 0 Å². The molecule has 5 rings (SSSR count). The smallest absolute Gasteiger partial charge is 0.295 e. The highest BCUT2D eigenvalue weighted by atomic mass is 16.6. The molecular formula is C31H28N4O6. The number of aliphatic hydroxyl groups excluding tert-OH is 1. The summed E-state index contributed by atoms with van der Waals surface area (Å²) in [6, 6.07) is 19.3. The Bertz CT molecular complexity index is 1590. The Hall–Kier alpha value is -5.25. The zero-order valence-corrected chi connectivity index (χ0v) is 22.3. The number of imidazole rings is 1. The fourth-order valence-corrected chi connectivity index (χ4v) is 4.88. The third-order valence-corrected chi connectivity index (χ3v) is 7.12. The second kappa shape index (κ2) is 11.9. The highest BCUT2D eigenvalue weighted by Crippen LogP contribution is 2.40. The molecule has 1 aliphatic heterocycles. The SMILES string of the molecule is Cc1ccccc1COc1ccc(C(O)=C2C(=O)C(=O)N(CCCn3ccnc3)C2c2ccc([N+](=O)[O-])cc2)cc1. The number of hydrogen-bond donors (Lipinski definition) is 1. The molecule has 1 saturated heterocycles. The molecule has 1 aromatic heterocycles. The third kappa shape index (κ3) is 5.86. The maximum Gasteiger partial charge on any atom is 0.295 e. The number of nitro groups is 1. The Balaban J connectivity index is 1.43. The van der Waals surface area contributed by atoms with Crippen LogP contribution in [0.3, 0.4) is 0 Å². The van der Waals surface area contributed by atoms with Crippen LogP contribution in [0.1, 0.15) is 34.7 Å². The molecule has 1 atom stereocenters. The van der Waals surface area contributed by atoms with Crippen LogP contribution in [-0.4, -0.2) is 42.7 Å². The van der Waals surface area contributed by atoms with Gasteiger partial charge in [-0.25, -0.2) is 4.98 Å². The van der Waals surface area contributed by atoms with E-state index in [1.165, 1.54) is 29.2 Å². The average Bonchev–Trinajstić information content (AvgIpc) is 3.59. The van der Waals surface area contributed by atoms with Gasteiger partial charge in [0.1, 0.15) is 18.1 Å². The second-order valence-electron chi connectivity index (χ2n) is 9.73. The number of carbonyl (C=O) groups excluding carboxylic acids is 2. The normalized spacial score (nSPS) is 16.2. The number of ether oxygens (including phenoxy) is 1. The van der Waals surface area contributed by atoms with E-state index in [1.54, 1.807) is 43.0 Å². The molecule has 208 valence electrons. The number of aliphatic hydroxyl groups is 1. The van der Waals surface area contributed by atoms with Gasteiger partial charge in [-0.15, -0.1) is 0 Å². The minimum absolute atomic E-state index is 0.0694. The van der Waals surface area contributed by atoms with Gasteiger partial charge in [-0.1, -0.05) is 24.3 Å². The number of carbonyl (C=O) groups is 2. The van der Waals surface area contributed by atoms with Crippen molar-refractivity contribution in [3.63, 3.8) is 0 Å². The monoisotopic (exact) mass is 552 g/mol. The fourth-order valence-electron chi connectivity index (χ4n) is 4.88. The van der Waals surface area contributed by atoms with Gasteiger partial charge in [0, 0.05) is 43.2 Å². The first-order valence-electron chi connectivity index (χ1n) is 13.1. The zero-order chi connectivity index (χ0) is 28.9. The molecule has 10 nitrogen and oxygen atoms in total.